The van der Waals surface area contributed by atoms with E-state index in [1.807, 2.05) is 24.3 Å². The van der Waals surface area contributed by atoms with Crippen LogP contribution in [0.3, 0.4) is 0 Å². The average Bonchev–Trinajstić information content (AvgIpc) is 2.76. The lowest BCUT2D eigenvalue weighted by Gasteiger charge is -2.09. The van der Waals surface area contributed by atoms with Gasteiger partial charge in [0.05, 0.1) is 18.1 Å². The molecule has 1 amide bonds. The fourth-order valence-electron chi connectivity index (χ4n) is 2.68. The van der Waals surface area contributed by atoms with E-state index in [4.69, 9.17) is 9.47 Å². The van der Waals surface area contributed by atoms with Crippen LogP contribution in [0.1, 0.15) is 30.9 Å². The van der Waals surface area contributed by atoms with Gasteiger partial charge in [-0.05, 0) is 48.2 Å². The van der Waals surface area contributed by atoms with E-state index >= 15 is 0 Å². The largest absolute Gasteiger partial charge is 0.494 e. The Hall–Kier alpha value is -2.42. The zero-order valence-electron chi connectivity index (χ0n) is 17.5. The van der Waals surface area contributed by atoms with Crippen molar-refractivity contribution in [1.29, 1.82) is 0 Å². The molecule has 0 fully saturated rings. The van der Waals surface area contributed by atoms with E-state index in [1.54, 1.807) is 12.1 Å². The van der Waals surface area contributed by atoms with E-state index < -0.39 is 10.0 Å². The standard InChI is InChI=1S/C22H30N2O5S/c1-3-18-6-10-20(11-7-18)29-15-4-5-22(25)23-17-19-8-12-21(13-9-19)30(26,27)24-14-16-28-2/h6-13,24H,3-5,14-17H2,1-2H3,(H,23,25). The summed E-state index contributed by atoms with van der Waals surface area (Å²) in [7, 11) is -2.04. The van der Waals surface area contributed by atoms with Crippen molar-refractivity contribution in [1.82, 2.24) is 10.0 Å². The minimum Gasteiger partial charge on any atom is -0.494 e. The summed E-state index contributed by atoms with van der Waals surface area (Å²) in [4.78, 5) is 12.2. The molecule has 0 atom stereocenters. The van der Waals surface area contributed by atoms with Gasteiger partial charge in [-0.2, -0.15) is 0 Å². The normalized spacial score (nSPS) is 11.3. The van der Waals surface area contributed by atoms with Gasteiger partial charge in [0.25, 0.3) is 0 Å². The summed E-state index contributed by atoms with van der Waals surface area (Å²) in [5, 5.41) is 2.84. The summed E-state index contributed by atoms with van der Waals surface area (Å²) >= 11 is 0. The summed E-state index contributed by atoms with van der Waals surface area (Å²) in [6, 6.07) is 14.4. The first-order valence-electron chi connectivity index (χ1n) is 10.0. The first-order valence-corrected chi connectivity index (χ1v) is 11.5. The monoisotopic (exact) mass is 434 g/mol. The van der Waals surface area contributed by atoms with Crippen LogP contribution in [0.2, 0.25) is 0 Å². The van der Waals surface area contributed by atoms with Gasteiger partial charge >= 0.3 is 0 Å². The third-order valence-corrected chi connectivity index (χ3v) is 5.95. The molecule has 30 heavy (non-hydrogen) atoms. The number of amides is 1. The Balaban J connectivity index is 1.68. The molecule has 2 rings (SSSR count). The van der Waals surface area contributed by atoms with Gasteiger partial charge in [0.15, 0.2) is 0 Å². The maximum atomic E-state index is 12.1. The average molecular weight is 435 g/mol. The molecule has 2 aromatic carbocycles. The minimum absolute atomic E-state index is 0.0714. The van der Waals surface area contributed by atoms with E-state index in [1.165, 1.54) is 24.8 Å². The number of benzene rings is 2. The van der Waals surface area contributed by atoms with E-state index in [9.17, 15) is 13.2 Å². The van der Waals surface area contributed by atoms with Crippen molar-refractivity contribution in [2.24, 2.45) is 0 Å². The van der Waals surface area contributed by atoms with Crippen LogP contribution in [0.4, 0.5) is 0 Å². The summed E-state index contributed by atoms with van der Waals surface area (Å²) in [5.41, 5.74) is 2.08. The summed E-state index contributed by atoms with van der Waals surface area (Å²) in [6.07, 6.45) is 1.97. The fourth-order valence-corrected chi connectivity index (χ4v) is 3.69. The zero-order chi connectivity index (χ0) is 21.8. The van der Waals surface area contributed by atoms with Gasteiger partial charge in [-0.1, -0.05) is 31.2 Å². The number of carbonyl (C=O) groups is 1. The summed E-state index contributed by atoms with van der Waals surface area (Å²) in [6.45, 7) is 3.44. The Morgan fingerprint density at radius 3 is 2.27 bits per heavy atom. The van der Waals surface area contributed by atoms with Crippen LogP contribution in [-0.4, -0.2) is 41.2 Å². The quantitative estimate of drug-likeness (QED) is 0.473. The minimum atomic E-state index is -3.55. The number of sulfonamides is 1. The van der Waals surface area contributed by atoms with Gasteiger partial charge < -0.3 is 14.8 Å². The van der Waals surface area contributed by atoms with Crippen molar-refractivity contribution in [3.05, 3.63) is 59.7 Å². The number of methoxy groups -OCH3 is 1. The topological polar surface area (TPSA) is 93.7 Å². The fraction of sp³-hybridized carbons (Fsp3) is 0.409. The Morgan fingerprint density at radius 1 is 0.967 bits per heavy atom. The molecule has 0 saturated heterocycles. The van der Waals surface area contributed by atoms with Gasteiger partial charge in [0.2, 0.25) is 15.9 Å². The van der Waals surface area contributed by atoms with Crippen molar-refractivity contribution in [2.45, 2.75) is 37.6 Å². The molecule has 0 aliphatic carbocycles. The third-order valence-electron chi connectivity index (χ3n) is 4.47. The Kier molecular flexibility index (Phi) is 9.79. The lowest BCUT2D eigenvalue weighted by atomic mass is 10.2. The highest BCUT2D eigenvalue weighted by atomic mass is 32.2. The highest BCUT2D eigenvalue weighted by Crippen LogP contribution is 2.13. The molecule has 0 saturated carbocycles. The van der Waals surface area contributed by atoms with Crippen LogP contribution in [0.25, 0.3) is 0 Å². The SMILES string of the molecule is CCc1ccc(OCCCC(=O)NCc2ccc(S(=O)(=O)NCCOC)cc2)cc1. The van der Waals surface area contributed by atoms with E-state index in [0.717, 1.165) is 17.7 Å². The Bertz CT molecular complexity index is 881. The van der Waals surface area contributed by atoms with Crippen LogP contribution in [0.5, 0.6) is 5.75 Å². The van der Waals surface area contributed by atoms with Crippen LogP contribution in [-0.2, 0) is 32.5 Å². The second-order valence-electron chi connectivity index (χ2n) is 6.76. The Morgan fingerprint density at radius 2 is 1.63 bits per heavy atom. The number of hydrogen-bond acceptors (Lipinski definition) is 5. The number of hydrogen-bond donors (Lipinski definition) is 2. The molecule has 2 aromatic rings. The third kappa shape index (κ3) is 8.14. The van der Waals surface area contributed by atoms with Crippen molar-refractivity contribution < 1.29 is 22.7 Å². The molecular weight excluding hydrogens is 404 g/mol. The summed E-state index contributed by atoms with van der Waals surface area (Å²) in [5.74, 6) is 0.734. The number of rotatable bonds is 13. The molecule has 0 heterocycles. The van der Waals surface area contributed by atoms with E-state index in [2.05, 4.69) is 17.0 Å². The molecule has 0 aliphatic rings. The van der Waals surface area contributed by atoms with Crippen LogP contribution < -0.4 is 14.8 Å². The molecule has 0 radical (unpaired) electrons. The molecule has 8 heteroatoms. The molecule has 0 aliphatic heterocycles. The van der Waals surface area contributed by atoms with Crippen molar-refractivity contribution >= 4 is 15.9 Å². The van der Waals surface area contributed by atoms with Gasteiger partial charge in [0.1, 0.15) is 5.75 Å². The molecule has 7 nitrogen and oxygen atoms in total. The maximum Gasteiger partial charge on any atom is 0.240 e. The Labute approximate surface area is 178 Å². The summed E-state index contributed by atoms with van der Waals surface area (Å²) < 4.78 is 37.2. The first kappa shape index (κ1) is 23.9. The zero-order valence-corrected chi connectivity index (χ0v) is 18.3. The molecule has 0 spiro atoms. The van der Waals surface area contributed by atoms with Crippen LogP contribution in [0.15, 0.2) is 53.4 Å². The second-order valence-corrected chi connectivity index (χ2v) is 8.53. The van der Waals surface area contributed by atoms with E-state index in [-0.39, 0.29) is 17.3 Å². The van der Waals surface area contributed by atoms with E-state index in [0.29, 0.717) is 32.6 Å². The number of carbonyl (C=O) groups excluding carboxylic acids is 1. The second kappa shape index (κ2) is 12.3. The molecular formula is C22H30N2O5S. The van der Waals surface area contributed by atoms with Crippen LogP contribution in [0, 0.1) is 0 Å². The smallest absolute Gasteiger partial charge is 0.240 e. The first-order chi connectivity index (χ1) is 14.4. The molecule has 0 aromatic heterocycles. The van der Waals surface area contributed by atoms with Crippen molar-refractivity contribution in [3.8, 4) is 5.75 Å². The molecule has 164 valence electrons. The number of nitrogens with one attached hydrogen (secondary N) is 2. The lowest BCUT2D eigenvalue weighted by Crippen LogP contribution is -2.27. The van der Waals surface area contributed by atoms with Crippen molar-refractivity contribution in [2.75, 3.05) is 26.9 Å². The van der Waals surface area contributed by atoms with Gasteiger partial charge in [-0.3, -0.25) is 4.79 Å². The predicted molar refractivity (Wildman–Crippen MR) is 116 cm³/mol. The molecule has 2 N–H and O–H groups in total. The van der Waals surface area contributed by atoms with Gasteiger partial charge in [0, 0.05) is 26.6 Å². The predicted octanol–water partition coefficient (Wildman–Crippen LogP) is 2.65. The number of aryl methyl sites for hydroxylation is 1. The highest BCUT2D eigenvalue weighted by Gasteiger charge is 2.13. The molecule has 0 bridgehead atoms. The van der Waals surface area contributed by atoms with Gasteiger partial charge in [-0.15, -0.1) is 0 Å². The molecule has 0 unspecified atom stereocenters. The number of ether oxygens (including phenoxy) is 2. The van der Waals surface area contributed by atoms with Crippen LogP contribution >= 0.6 is 0 Å². The van der Waals surface area contributed by atoms with Gasteiger partial charge in [-0.25, -0.2) is 13.1 Å². The van der Waals surface area contributed by atoms with Crippen molar-refractivity contribution in [3.63, 3.8) is 0 Å². The highest BCUT2D eigenvalue weighted by molar-refractivity contribution is 7.89. The lowest BCUT2D eigenvalue weighted by molar-refractivity contribution is -0.121. The maximum absolute atomic E-state index is 12.1.